The third kappa shape index (κ3) is 6.61. The molecule has 1 N–H and O–H groups in total. The number of halogens is 1. The molecule has 1 amide bonds. The Bertz CT molecular complexity index is 1230. The van der Waals surface area contributed by atoms with Crippen molar-refractivity contribution in [2.75, 3.05) is 26.7 Å². The predicted molar refractivity (Wildman–Crippen MR) is 144 cm³/mol. The number of nitrogens with zero attached hydrogens (tertiary/aromatic N) is 3. The van der Waals surface area contributed by atoms with E-state index in [1.165, 1.54) is 6.07 Å². The van der Waals surface area contributed by atoms with Gasteiger partial charge in [-0.1, -0.05) is 67.6 Å². The number of aliphatic hydroxyl groups excluding tert-OH is 1. The lowest BCUT2D eigenvalue weighted by molar-refractivity contribution is 0.0324. The summed E-state index contributed by atoms with van der Waals surface area (Å²) in [4.78, 5) is 21.8. The summed E-state index contributed by atoms with van der Waals surface area (Å²) in [6, 6.07) is 18.1. The highest BCUT2D eigenvalue weighted by atomic mass is 19.1. The topological polar surface area (TPSA) is 65.9 Å². The van der Waals surface area contributed by atoms with Crippen LogP contribution < -0.4 is 4.74 Å². The largest absolute Gasteiger partial charge is 0.472 e. The van der Waals surface area contributed by atoms with E-state index >= 15 is 0 Å². The molecule has 3 atom stereocenters. The van der Waals surface area contributed by atoms with Crippen LogP contribution in [-0.4, -0.2) is 64.7 Å². The highest BCUT2D eigenvalue weighted by Gasteiger charge is 2.34. The third-order valence-corrected chi connectivity index (χ3v) is 6.70. The van der Waals surface area contributed by atoms with Gasteiger partial charge >= 0.3 is 0 Å². The van der Waals surface area contributed by atoms with Crippen molar-refractivity contribution in [3.8, 4) is 5.88 Å². The third-order valence-electron chi connectivity index (χ3n) is 6.70. The monoisotopic (exact) mass is 503 g/mol. The van der Waals surface area contributed by atoms with Crippen LogP contribution in [0, 0.1) is 11.7 Å². The molecule has 0 unspecified atom stereocenters. The standard InChI is InChI=1S/C30H34FN3O3/c1-21-17-34(22(2)20-35)30(36)26-15-24(14-13-23-9-5-4-6-10-23)16-32-29(26)37-28(21)19-33(3)18-25-11-7-8-12-27(25)31/h4-16,21-22,28,35H,17-20H2,1-3H3/b14-13+/t21-,22+,28-/m1/s1. The lowest BCUT2D eigenvalue weighted by Gasteiger charge is -2.37. The van der Waals surface area contributed by atoms with E-state index in [9.17, 15) is 14.3 Å². The van der Waals surface area contributed by atoms with Crippen LogP contribution in [0.15, 0.2) is 66.9 Å². The molecule has 2 heterocycles. The molecule has 6 nitrogen and oxygen atoms in total. The SMILES string of the molecule is C[C@@H]1CN([C@@H](C)CO)C(=O)c2cc(/C=C/c3ccccc3)cnc2O[C@@H]1CN(C)Cc1ccccc1F. The summed E-state index contributed by atoms with van der Waals surface area (Å²) < 4.78 is 20.6. The molecule has 2 aromatic carbocycles. The van der Waals surface area contributed by atoms with Crippen molar-refractivity contribution in [1.29, 1.82) is 0 Å². The van der Waals surface area contributed by atoms with Crippen molar-refractivity contribution >= 4 is 18.1 Å². The summed E-state index contributed by atoms with van der Waals surface area (Å²) in [6.07, 6.45) is 5.28. The van der Waals surface area contributed by atoms with Crippen LogP contribution in [0.2, 0.25) is 0 Å². The average molecular weight is 504 g/mol. The quantitative estimate of drug-likeness (QED) is 0.481. The van der Waals surface area contributed by atoms with E-state index in [1.807, 2.05) is 74.3 Å². The zero-order valence-electron chi connectivity index (χ0n) is 21.5. The van der Waals surface area contributed by atoms with Crippen molar-refractivity contribution in [2.45, 2.75) is 32.5 Å². The van der Waals surface area contributed by atoms with E-state index in [0.29, 0.717) is 30.8 Å². The number of amides is 1. The molecule has 0 aliphatic carbocycles. The van der Waals surface area contributed by atoms with E-state index < -0.39 is 0 Å². The zero-order chi connectivity index (χ0) is 26.4. The minimum Gasteiger partial charge on any atom is -0.472 e. The maximum atomic E-state index is 14.2. The minimum absolute atomic E-state index is 0.0476. The van der Waals surface area contributed by atoms with Gasteiger partial charge in [-0.25, -0.2) is 9.37 Å². The van der Waals surface area contributed by atoms with Gasteiger partial charge in [-0.05, 0) is 37.2 Å². The minimum atomic E-state index is -0.360. The molecule has 1 aromatic heterocycles. The van der Waals surface area contributed by atoms with E-state index in [1.54, 1.807) is 29.3 Å². The normalized spacial score (nSPS) is 18.9. The Balaban J connectivity index is 1.61. The highest BCUT2D eigenvalue weighted by molar-refractivity contribution is 5.97. The number of carbonyl (C=O) groups excluding carboxylic acids is 1. The number of aliphatic hydroxyl groups is 1. The van der Waals surface area contributed by atoms with Gasteiger partial charge in [0.1, 0.15) is 17.5 Å². The molecular weight excluding hydrogens is 469 g/mol. The van der Waals surface area contributed by atoms with Crippen molar-refractivity contribution in [3.63, 3.8) is 0 Å². The molecule has 0 saturated heterocycles. The van der Waals surface area contributed by atoms with Gasteiger partial charge in [0, 0.05) is 37.3 Å². The van der Waals surface area contributed by atoms with Crippen LogP contribution in [0.1, 0.15) is 40.9 Å². The fourth-order valence-corrected chi connectivity index (χ4v) is 4.47. The van der Waals surface area contributed by atoms with E-state index in [0.717, 1.165) is 11.1 Å². The Morgan fingerprint density at radius 2 is 1.86 bits per heavy atom. The molecule has 0 saturated carbocycles. The second-order valence-corrected chi connectivity index (χ2v) is 9.78. The molecule has 0 radical (unpaired) electrons. The van der Waals surface area contributed by atoms with Crippen molar-refractivity contribution < 1.29 is 19.0 Å². The summed E-state index contributed by atoms with van der Waals surface area (Å²) in [5.41, 5.74) is 2.80. The lowest BCUT2D eigenvalue weighted by atomic mass is 9.99. The van der Waals surface area contributed by atoms with Crippen molar-refractivity contribution in [3.05, 3.63) is 94.9 Å². The number of pyridine rings is 1. The van der Waals surface area contributed by atoms with Crippen LogP contribution in [0.25, 0.3) is 12.2 Å². The van der Waals surface area contributed by atoms with E-state index in [2.05, 4.69) is 4.98 Å². The lowest BCUT2D eigenvalue weighted by Crippen LogP contribution is -2.49. The van der Waals surface area contributed by atoms with Crippen LogP contribution in [-0.2, 0) is 6.54 Å². The summed E-state index contributed by atoms with van der Waals surface area (Å²) in [5.74, 6) is -0.233. The second-order valence-electron chi connectivity index (χ2n) is 9.78. The Labute approximate surface area is 218 Å². The summed E-state index contributed by atoms with van der Waals surface area (Å²) in [5, 5.41) is 9.87. The first-order chi connectivity index (χ1) is 17.9. The Kier molecular flexibility index (Phi) is 8.69. The molecule has 0 spiro atoms. The van der Waals surface area contributed by atoms with Gasteiger partial charge < -0.3 is 14.7 Å². The Morgan fingerprint density at radius 1 is 1.16 bits per heavy atom. The van der Waals surface area contributed by atoms with E-state index in [-0.39, 0.29) is 42.3 Å². The first-order valence-corrected chi connectivity index (χ1v) is 12.6. The van der Waals surface area contributed by atoms with Gasteiger partial charge in [0.25, 0.3) is 5.91 Å². The number of likely N-dealkylation sites (N-methyl/N-ethyl adjacent to an activating group) is 1. The van der Waals surface area contributed by atoms with Gasteiger partial charge in [-0.3, -0.25) is 9.69 Å². The smallest absolute Gasteiger partial charge is 0.259 e. The fourth-order valence-electron chi connectivity index (χ4n) is 4.47. The number of benzene rings is 2. The van der Waals surface area contributed by atoms with Crippen LogP contribution in [0.5, 0.6) is 5.88 Å². The molecule has 4 rings (SSSR count). The molecule has 37 heavy (non-hydrogen) atoms. The molecule has 1 aliphatic heterocycles. The zero-order valence-corrected chi connectivity index (χ0v) is 21.5. The van der Waals surface area contributed by atoms with E-state index in [4.69, 9.17) is 4.74 Å². The van der Waals surface area contributed by atoms with Gasteiger partial charge in [-0.15, -0.1) is 0 Å². The van der Waals surface area contributed by atoms with Crippen molar-refractivity contribution in [1.82, 2.24) is 14.8 Å². The first kappa shape index (κ1) is 26.5. The van der Waals surface area contributed by atoms with Crippen LogP contribution >= 0.6 is 0 Å². The molecule has 1 aliphatic rings. The van der Waals surface area contributed by atoms with Crippen LogP contribution in [0.4, 0.5) is 4.39 Å². The molecule has 3 aromatic rings. The number of fused-ring (bicyclic) bond motifs is 1. The van der Waals surface area contributed by atoms with Gasteiger partial charge in [-0.2, -0.15) is 0 Å². The molecule has 0 bridgehead atoms. The predicted octanol–water partition coefficient (Wildman–Crippen LogP) is 4.74. The second kappa shape index (κ2) is 12.1. The Morgan fingerprint density at radius 3 is 2.59 bits per heavy atom. The van der Waals surface area contributed by atoms with Crippen LogP contribution in [0.3, 0.4) is 0 Å². The number of carbonyl (C=O) groups is 1. The van der Waals surface area contributed by atoms with Crippen molar-refractivity contribution in [2.24, 2.45) is 5.92 Å². The number of hydrogen-bond acceptors (Lipinski definition) is 5. The average Bonchev–Trinajstić information content (AvgIpc) is 2.91. The molecule has 7 heteroatoms. The fraction of sp³-hybridized carbons (Fsp3) is 0.333. The van der Waals surface area contributed by atoms with Gasteiger partial charge in [0.2, 0.25) is 5.88 Å². The number of hydrogen-bond donors (Lipinski definition) is 1. The summed E-state index contributed by atoms with van der Waals surface area (Å²) in [7, 11) is 1.92. The first-order valence-electron chi connectivity index (χ1n) is 12.6. The maximum absolute atomic E-state index is 14.2. The number of ether oxygens (including phenoxy) is 1. The number of rotatable bonds is 8. The molecule has 0 fully saturated rings. The highest BCUT2D eigenvalue weighted by Crippen LogP contribution is 2.28. The summed E-state index contributed by atoms with van der Waals surface area (Å²) in [6.45, 7) is 5.07. The Hall–Kier alpha value is -3.55. The number of aromatic nitrogens is 1. The summed E-state index contributed by atoms with van der Waals surface area (Å²) >= 11 is 0. The molecular formula is C30H34FN3O3. The van der Waals surface area contributed by atoms with Gasteiger partial charge in [0.05, 0.1) is 12.6 Å². The van der Waals surface area contributed by atoms with Gasteiger partial charge in [0.15, 0.2) is 0 Å². The maximum Gasteiger partial charge on any atom is 0.259 e. The molecule has 194 valence electrons.